The minimum atomic E-state index is -1.53. The second-order valence-electron chi connectivity index (χ2n) is 3.92. The summed E-state index contributed by atoms with van der Waals surface area (Å²) in [6.45, 7) is 0. The standard InChI is InChI=1S/C13H11N3O2S/c14-13-12-10(15-19(17)16-13)7-4-8-11(12)18-9-5-2-1-3-6-9/h1-8,15H,(H2,14,16). The highest BCUT2D eigenvalue weighted by Gasteiger charge is 2.20. The number of rotatable bonds is 2. The van der Waals surface area contributed by atoms with Crippen LogP contribution in [0.4, 0.5) is 5.69 Å². The molecule has 0 aliphatic carbocycles. The summed E-state index contributed by atoms with van der Waals surface area (Å²) in [6.07, 6.45) is 0. The number of hydrogen-bond acceptors (Lipinski definition) is 3. The molecule has 2 aromatic rings. The third-order valence-electron chi connectivity index (χ3n) is 2.63. The first-order valence-electron chi connectivity index (χ1n) is 5.63. The topological polar surface area (TPSA) is 76.7 Å². The smallest absolute Gasteiger partial charge is 0.245 e. The van der Waals surface area contributed by atoms with Gasteiger partial charge in [0.05, 0.1) is 11.3 Å². The summed E-state index contributed by atoms with van der Waals surface area (Å²) in [5.41, 5.74) is 7.11. The zero-order valence-electron chi connectivity index (χ0n) is 9.87. The quantitative estimate of drug-likeness (QED) is 0.880. The zero-order valence-corrected chi connectivity index (χ0v) is 10.7. The molecule has 0 radical (unpaired) electrons. The maximum absolute atomic E-state index is 11.4. The summed E-state index contributed by atoms with van der Waals surface area (Å²) in [4.78, 5) is 0. The maximum Gasteiger partial charge on any atom is 0.245 e. The van der Waals surface area contributed by atoms with Gasteiger partial charge in [0.25, 0.3) is 0 Å². The maximum atomic E-state index is 11.4. The number of para-hydroxylation sites is 1. The zero-order chi connectivity index (χ0) is 13.2. The molecule has 0 amide bonds. The van der Waals surface area contributed by atoms with Gasteiger partial charge in [-0.3, -0.25) is 4.72 Å². The summed E-state index contributed by atoms with van der Waals surface area (Å²) >= 11 is -1.53. The minimum absolute atomic E-state index is 0.207. The summed E-state index contributed by atoms with van der Waals surface area (Å²) < 4.78 is 23.7. The first kappa shape index (κ1) is 11.7. The number of hydrogen-bond donors (Lipinski definition) is 2. The number of nitrogens with zero attached hydrogens (tertiary/aromatic N) is 1. The molecule has 1 atom stereocenters. The van der Waals surface area contributed by atoms with E-state index in [1.165, 1.54) is 0 Å². The Morgan fingerprint density at radius 3 is 2.68 bits per heavy atom. The lowest BCUT2D eigenvalue weighted by Crippen LogP contribution is -2.23. The molecule has 2 aromatic carbocycles. The van der Waals surface area contributed by atoms with Crippen molar-refractivity contribution in [3.63, 3.8) is 0 Å². The summed E-state index contributed by atoms with van der Waals surface area (Å²) in [5, 5.41) is 0. The van der Waals surface area contributed by atoms with Crippen molar-refractivity contribution >= 4 is 22.7 Å². The van der Waals surface area contributed by atoms with Crippen LogP contribution >= 0.6 is 0 Å². The molecule has 3 N–H and O–H groups in total. The lowest BCUT2D eigenvalue weighted by Gasteiger charge is -2.18. The second-order valence-corrected chi connectivity index (χ2v) is 4.81. The van der Waals surface area contributed by atoms with Crippen molar-refractivity contribution in [1.29, 1.82) is 0 Å². The first-order chi connectivity index (χ1) is 9.24. The van der Waals surface area contributed by atoms with Crippen molar-refractivity contribution in [2.75, 3.05) is 4.72 Å². The van der Waals surface area contributed by atoms with Gasteiger partial charge in [0.2, 0.25) is 11.2 Å². The number of ether oxygens (including phenoxy) is 1. The monoisotopic (exact) mass is 273 g/mol. The lowest BCUT2D eigenvalue weighted by atomic mass is 10.1. The second kappa shape index (κ2) is 4.74. The molecule has 96 valence electrons. The van der Waals surface area contributed by atoms with Crippen LogP contribution in [0.15, 0.2) is 52.9 Å². The molecule has 0 saturated heterocycles. The Kier molecular flexibility index (Phi) is 2.92. The van der Waals surface area contributed by atoms with E-state index in [-0.39, 0.29) is 5.84 Å². The molecule has 1 heterocycles. The van der Waals surface area contributed by atoms with Crippen LogP contribution in [-0.2, 0) is 11.2 Å². The number of nitrogens with two attached hydrogens (primary N) is 1. The SMILES string of the molecule is NC1=NS(=O)Nc2cccc(Oc3ccccc3)c21. The Bertz CT molecular complexity index is 671. The van der Waals surface area contributed by atoms with E-state index in [1.807, 2.05) is 30.3 Å². The van der Waals surface area contributed by atoms with Crippen LogP contribution in [0, 0.1) is 0 Å². The highest BCUT2D eigenvalue weighted by molar-refractivity contribution is 7.85. The average molecular weight is 273 g/mol. The molecular formula is C13H11N3O2S. The van der Waals surface area contributed by atoms with Crippen LogP contribution in [0.2, 0.25) is 0 Å². The molecule has 0 aromatic heterocycles. The Morgan fingerprint density at radius 1 is 1.11 bits per heavy atom. The molecule has 3 rings (SSSR count). The fourth-order valence-corrected chi connectivity index (χ4v) is 2.51. The number of benzene rings is 2. The van der Waals surface area contributed by atoms with E-state index in [0.29, 0.717) is 22.7 Å². The van der Waals surface area contributed by atoms with Crippen molar-refractivity contribution in [1.82, 2.24) is 0 Å². The number of fused-ring (bicyclic) bond motifs is 1. The fraction of sp³-hybridized carbons (Fsp3) is 0. The number of nitrogens with one attached hydrogen (secondary N) is 1. The molecule has 1 aliphatic heterocycles. The van der Waals surface area contributed by atoms with E-state index in [0.717, 1.165) is 0 Å². The van der Waals surface area contributed by atoms with Gasteiger partial charge in [-0.1, -0.05) is 24.3 Å². The van der Waals surface area contributed by atoms with Crippen LogP contribution < -0.4 is 15.2 Å². The number of anilines is 1. The van der Waals surface area contributed by atoms with Crippen molar-refractivity contribution < 1.29 is 8.95 Å². The van der Waals surface area contributed by atoms with Gasteiger partial charge in [0.1, 0.15) is 17.3 Å². The predicted octanol–water partition coefficient (Wildman–Crippen LogP) is 2.19. The summed E-state index contributed by atoms with van der Waals surface area (Å²) in [7, 11) is 0. The molecule has 1 unspecified atom stereocenters. The third-order valence-corrected chi connectivity index (χ3v) is 3.39. The van der Waals surface area contributed by atoms with Crippen molar-refractivity contribution in [2.24, 2.45) is 10.1 Å². The van der Waals surface area contributed by atoms with E-state index in [9.17, 15) is 4.21 Å². The minimum Gasteiger partial charge on any atom is -0.457 e. The van der Waals surface area contributed by atoms with Gasteiger partial charge in [0.15, 0.2) is 0 Å². The lowest BCUT2D eigenvalue weighted by molar-refractivity contribution is 0.482. The average Bonchev–Trinajstić information content (AvgIpc) is 2.39. The molecule has 6 heteroatoms. The Balaban J connectivity index is 2.04. The van der Waals surface area contributed by atoms with E-state index in [4.69, 9.17) is 10.5 Å². The molecule has 1 aliphatic rings. The molecular weight excluding hydrogens is 262 g/mol. The molecule has 0 spiro atoms. The number of amidine groups is 1. The van der Waals surface area contributed by atoms with Crippen LogP contribution in [0.25, 0.3) is 0 Å². The third kappa shape index (κ3) is 2.30. The molecule has 19 heavy (non-hydrogen) atoms. The van der Waals surface area contributed by atoms with Crippen LogP contribution in [0.5, 0.6) is 11.5 Å². The van der Waals surface area contributed by atoms with Crippen LogP contribution in [-0.4, -0.2) is 10.0 Å². The first-order valence-corrected chi connectivity index (χ1v) is 6.74. The predicted molar refractivity (Wildman–Crippen MR) is 75.4 cm³/mol. The van der Waals surface area contributed by atoms with Gasteiger partial charge in [-0.05, 0) is 24.3 Å². The molecule has 0 saturated carbocycles. The van der Waals surface area contributed by atoms with Crippen molar-refractivity contribution in [3.8, 4) is 11.5 Å². The van der Waals surface area contributed by atoms with Gasteiger partial charge in [0, 0.05) is 0 Å². The molecule has 0 fully saturated rings. The van der Waals surface area contributed by atoms with Crippen molar-refractivity contribution in [3.05, 3.63) is 54.1 Å². The summed E-state index contributed by atoms with van der Waals surface area (Å²) in [5.74, 6) is 1.49. The van der Waals surface area contributed by atoms with E-state index in [2.05, 4.69) is 9.12 Å². The molecule has 0 bridgehead atoms. The Labute approximate surface area is 112 Å². The van der Waals surface area contributed by atoms with E-state index >= 15 is 0 Å². The van der Waals surface area contributed by atoms with E-state index < -0.39 is 11.2 Å². The highest BCUT2D eigenvalue weighted by atomic mass is 32.2. The molecule has 5 nitrogen and oxygen atoms in total. The van der Waals surface area contributed by atoms with Crippen LogP contribution in [0.3, 0.4) is 0 Å². The van der Waals surface area contributed by atoms with Gasteiger partial charge >= 0.3 is 0 Å². The largest absolute Gasteiger partial charge is 0.457 e. The van der Waals surface area contributed by atoms with Gasteiger partial charge < -0.3 is 10.5 Å². The Hall–Kier alpha value is -2.34. The van der Waals surface area contributed by atoms with Gasteiger partial charge in [-0.2, -0.15) is 4.40 Å². The highest BCUT2D eigenvalue weighted by Crippen LogP contribution is 2.32. The van der Waals surface area contributed by atoms with E-state index in [1.54, 1.807) is 18.2 Å². The fourth-order valence-electron chi connectivity index (χ4n) is 1.83. The Morgan fingerprint density at radius 2 is 1.89 bits per heavy atom. The van der Waals surface area contributed by atoms with Crippen LogP contribution in [0.1, 0.15) is 5.56 Å². The normalized spacial score (nSPS) is 17.1. The summed E-state index contributed by atoms with van der Waals surface area (Å²) in [6, 6.07) is 14.8. The van der Waals surface area contributed by atoms with Gasteiger partial charge in [-0.15, -0.1) is 0 Å². The van der Waals surface area contributed by atoms with Gasteiger partial charge in [-0.25, -0.2) is 4.21 Å². The van der Waals surface area contributed by atoms with Crippen molar-refractivity contribution in [2.45, 2.75) is 0 Å².